The van der Waals surface area contributed by atoms with Crippen molar-refractivity contribution < 1.29 is 13.6 Å². The highest BCUT2D eigenvalue weighted by Crippen LogP contribution is 2.34. The zero-order valence-corrected chi connectivity index (χ0v) is 14.0. The normalized spacial score (nSPS) is 10.7. The molecule has 0 fully saturated rings. The number of rotatable bonds is 2. The SMILES string of the molecule is O=C(c1cc(Br)sc1Br)c1c(F)ccc(Br)c1F. The van der Waals surface area contributed by atoms with Crippen molar-refractivity contribution in [2.45, 2.75) is 0 Å². The highest BCUT2D eigenvalue weighted by atomic mass is 79.9. The van der Waals surface area contributed by atoms with Crippen LogP contribution in [0.3, 0.4) is 0 Å². The largest absolute Gasteiger partial charge is 0.288 e. The first kappa shape index (κ1) is 14.3. The molecule has 2 aromatic rings. The molecule has 2 rings (SSSR count). The van der Waals surface area contributed by atoms with Crippen LogP contribution >= 0.6 is 59.1 Å². The third kappa shape index (κ3) is 2.59. The Bertz CT molecular complexity index is 639. The highest BCUT2D eigenvalue weighted by molar-refractivity contribution is 9.12. The number of benzene rings is 1. The first-order valence-corrected chi connectivity index (χ1v) is 7.74. The fraction of sp³-hybridized carbons (Fsp3) is 0. The van der Waals surface area contributed by atoms with E-state index >= 15 is 0 Å². The van der Waals surface area contributed by atoms with Crippen LogP contribution in [-0.4, -0.2) is 5.78 Å². The van der Waals surface area contributed by atoms with Crippen LogP contribution in [0.1, 0.15) is 15.9 Å². The Kier molecular flexibility index (Phi) is 4.36. The van der Waals surface area contributed by atoms with E-state index in [2.05, 4.69) is 47.8 Å². The lowest BCUT2D eigenvalue weighted by molar-refractivity contribution is 0.103. The van der Waals surface area contributed by atoms with Gasteiger partial charge in [-0.3, -0.25) is 4.79 Å². The molecule has 0 N–H and O–H groups in total. The molecule has 0 aliphatic heterocycles. The van der Waals surface area contributed by atoms with Crippen molar-refractivity contribution in [1.29, 1.82) is 0 Å². The van der Waals surface area contributed by atoms with Crippen LogP contribution < -0.4 is 0 Å². The summed E-state index contributed by atoms with van der Waals surface area (Å²) in [5, 5.41) is 0. The maximum atomic E-state index is 13.8. The van der Waals surface area contributed by atoms with E-state index in [0.29, 0.717) is 7.57 Å². The van der Waals surface area contributed by atoms with Gasteiger partial charge in [0.1, 0.15) is 5.82 Å². The van der Waals surface area contributed by atoms with E-state index in [1.165, 1.54) is 23.5 Å². The molecule has 0 bridgehead atoms. The Labute approximate surface area is 131 Å². The van der Waals surface area contributed by atoms with Gasteiger partial charge in [-0.25, -0.2) is 8.78 Å². The smallest absolute Gasteiger partial charge is 0.201 e. The molecule has 1 heterocycles. The van der Waals surface area contributed by atoms with Gasteiger partial charge < -0.3 is 0 Å². The number of hydrogen-bond acceptors (Lipinski definition) is 2. The number of ketones is 1. The molecule has 0 saturated heterocycles. The lowest BCUT2D eigenvalue weighted by Crippen LogP contribution is -2.07. The van der Waals surface area contributed by atoms with Crippen LogP contribution in [0, 0.1) is 11.6 Å². The van der Waals surface area contributed by atoms with Crippen LogP contribution in [0.2, 0.25) is 0 Å². The highest BCUT2D eigenvalue weighted by Gasteiger charge is 2.24. The summed E-state index contributed by atoms with van der Waals surface area (Å²) in [4.78, 5) is 12.1. The molecule has 1 nitrogen and oxygen atoms in total. The summed E-state index contributed by atoms with van der Waals surface area (Å²) < 4.78 is 28.7. The lowest BCUT2D eigenvalue weighted by Gasteiger charge is -2.04. The van der Waals surface area contributed by atoms with E-state index in [-0.39, 0.29) is 10.0 Å². The van der Waals surface area contributed by atoms with Gasteiger partial charge in [-0.2, -0.15) is 0 Å². The Balaban J connectivity index is 2.60. The molecule has 0 radical (unpaired) electrons. The second-order valence-electron chi connectivity index (χ2n) is 3.29. The van der Waals surface area contributed by atoms with Crippen molar-refractivity contribution in [2.24, 2.45) is 0 Å². The van der Waals surface area contributed by atoms with Gasteiger partial charge in [0.15, 0.2) is 5.82 Å². The molecular formula is C11H3Br3F2OS. The van der Waals surface area contributed by atoms with Crippen molar-refractivity contribution in [3.63, 3.8) is 0 Å². The molecule has 18 heavy (non-hydrogen) atoms. The zero-order chi connectivity index (χ0) is 13.4. The van der Waals surface area contributed by atoms with Gasteiger partial charge >= 0.3 is 0 Å². The van der Waals surface area contributed by atoms with E-state index in [4.69, 9.17) is 0 Å². The Morgan fingerprint density at radius 3 is 2.39 bits per heavy atom. The summed E-state index contributed by atoms with van der Waals surface area (Å²) in [7, 11) is 0. The molecule has 1 aromatic carbocycles. The van der Waals surface area contributed by atoms with Gasteiger partial charge in [-0.05, 0) is 66.0 Å². The van der Waals surface area contributed by atoms with E-state index in [1.807, 2.05) is 0 Å². The monoisotopic (exact) mass is 458 g/mol. The maximum absolute atomic E-state index is 13.8. The van der Waals surface area contributed by atoms with Crippen LogP contribution in [0.25, 0.3) is 0 Å². The fourth-order valence-corrected chi connectivity index (χ4v) is 4.49. The van der Waals surface area contributed by atoms with Gasteiger partial charge in [0.2, 0.25) is 5.78 Å². The van der Waals surface area contributed by atoms with E-state index in [0.717, 1.165) is 6.07 Å². The van der Waals surface area contributed by atoms with Gasteiger partial charge in [0.25, 0.3) is 0 Å². The molecule has 7 heteroatoms. The number of thiophene rings is 1. The number of hydrogen-bond donors (Lipinski definition) is 0. The summed E-state index contributed by atoms with van der Waals surface area (Å²) in [5.74, 6) is -2.47. The number of halogens is 5. The minimum atomic E-state index is -0.894. The van der Waals surface area contributed by atoms with Gasteiger partial charge in [-0.15, -0.1) is 11.3 Å². The van der Waals surface area contributed by atoms with Crippen LogP contribution in [-0.2, 0) is 0 Å². The Morgan fingerprint density at radius 1 is 1.17 bits per heavy atom. The summed E-state index contributed by atoms with van der Waals surface area (Å²) in [6, 6.07) is 3.80. The van der Waals surface area contributed by atoms with Crippen molar-refractivity contribution in [3.8, 4) is 0 Å². The second-order valence-corrected chi connectivity index (χ2v) is 7.89. The second kappa shape index (κ2) is 5.48. The van der Waals surface area contributed by atoms with Gasteiger partial charge in [0.05, 0.1) is 17.6 Å². The van der Waals surface area contributed by atoms with Crippen molar-refractivity contribution in [2.75, 3.05) is 0 Å². The Morgan fingerprint density at radius 2 is 1.83 bits per heavy atom. The van der Waals surface area contributed by atoms with Crippen LogP contribution in [0.15, 0.2) is 30.2 Å². The summed E-state index contributed by atoms with van der Waals surface area (Å²) in [5.41, 5.74) is -0.335. The molecular weight excluding hydrogens is 458 g/mol. The minimum Gasteiger partial charge on any atom is -0.288 e. The zero-order valence-electron chi connectivity index (χ0n) is 8.44. The fourth-order valence-electron chi connectivity index (χ4n) is 1.36. The minimum absolute atomic E-state index is 0.0534. The van der Waals surface area contributed by atoms with Gasteiger partial charge in [-0.1, -0.05) is 0 Å². The van der Waals surface area contributed by atoms with E-state index in [1.54, 1.807) is 0 Å². The summed E-state index contributed by atoms with van der Waals surface area (Å²) >= 11 is 10.6. The quantitative estimate of drug-likeness (QED) is 0.424. The third-order valence-corrected chi connectivity index (χ3v) is 5.12. The van der Waals surface area contributed by atoms with E-state index in [9.17, 15) is 13.6 Å². The standard InChI is InChI=1S/C11H3Br3F2OS/c12-5-1-2-6(15)8(9(5)16)10(17)4-3-7(13)18-11(4)14/h1-3H. The molecule has 0 saturated carbocycles. The van der Waals surface area contributed by atoms with Gasteiger partial charge in [0, 0.05) is 5.56 Å². The summed E-state index contributed by atoms with van der Waals surface area (Å²) in [6.45, 7) is 0. The van der Waals surface area contributed by atoms with E-state index < -0.39 is 23.0 Å². The number of carbonyl (C=O) groups is 1. The lowest BCUT2D eigenvalue weighted by atomic mass is 10.1. The first-order valence-electron chi connectivity index (χ1n) is 4.55. The Hall–Kier alpha value is -0.110. The topological polar surface area (TPSA) is 17.1 Å². The predicted molar refractivity (Wildman–Crippen MR) is 77.2 cm³/mol. The molecule has 0 unspecified atom stereocenters. The molecule has 0 aliphatic carbocycles. The maximum Gasteiger partial charge on any atom is 0.201 e. The molecule has 94 valence electrons. The average Bonchev–Trinajstić information content (AvgIpc) is 2.63. The number of carbonyl (C=O) groups excluding carboxylic acids is 1. The van der Waals surface area contributed by atoms with Crippen molar-refractivity contribution >= 4 is 64.9 Å². The summed E-state index contributed by atoms with van der Waals surface area (Å²) in [6.07, 6.45) is 0. The molecule has 0 spiro atoms. The third-order valence-electron chi connectivity index (χ3n) is 2.17. The molecule has 1 aromatic heterocycles. The average molecular weight is 461 g/mol. The van der Waals surface area contributed by atoms with Crippen LogP contribution in [0.5, 0.6) is 0 Å². The molecule has 0 amide bonds. The first-order chi connectivity index (χ1) is 8.41. The molecule has 0 atom stereocenters. The predicted octanol–water partition coefficient (Wildman–Crippen LogP) is 5.54. The van der Waals surface area contributed by atoms with Crippen molar-refractivity contribution in [1.82, 2.24) is 0 Å². The van der Waals surface area contributed by atoms with Crippen LogP contribution in [0.4, 0.5) is 8.78 Å². The molecule has 0 aliphatic rings. The van der Waals surface area contributed by atoms with Crippen molar-refractivity contribution in [3.05, 3.63) is 53.0 Å².